The van der Waals surface area contributed by atoms with Crippen LogP contribution in [-0.2, 0) is 0 Å². The van der Waals surface area contributed by atoms with E-state index in [0.717, 1.165) is 36.7 Å². The standard InChI is InChI=1S/C15H24N2O2/c1-18-13-6-7-15(19-2)14(11-13)17-10-8-12-5-3-4-9-16-12/h6-7,11-12,16-17H,3-5,8-10H2,1-2H3. The second-order valence-electron chi connectivity index (χ2n) is 4.93. The Labute approximate surface area is 115 Å². The summed E-state index contributed by atoms with van der Waals surface area (Å²) in [6.07, 6.45) is 5.09. The largest absolute Gasteiger partial charge is 0.497 e. The maximum absolute atomic E-state index is 5.35. The van der Waals surface area contributed by atoms with Crippen LogP contribution in [0, 0.1) is 0 Å². The molecule has 0 saturated carbocycles. The van der Waals surface area contributed by atoms with Crippen LogP contribution in [0.5, 0.6) is 11.5 Å². The molecule has 0 radical (unpaired) electrons. The fourth-order valence-corrected chi connectivity index (χ4v) is 2.50. The zero-order valence-electron chi connectivity index (χ0n) is 11.9. The van der Waals surface area contributed by atoms with E-state index in [1.807, 2.05) is 18.2 Å². The lowest BCUT2D eigenvalue weighted by Gasteiger charge is -2.23. The normalized spacial score (nSPS) is 18.9. The maximum atomic E-state index is 5.35. The highest BCUT2D eigenvalue weighted by molar-refractivity contribution is 5.59. The van der Waals surface area contributed by atoms with Gasteiger partial charge in [-0.15, -0.1) is 0 Å². The van der Waals surface area contributed by atoms with Crippen LogP contribution in [0.25, 0.3) is 0 Å². The van der Waals surface area contributed by atoms with Crippen molar-refractivity contribution in [2.75, 3.05) is 32.6 Å². The molecule has 1 aliphatic heterocycles. The zero-order chi connectivity index (χ0) is 13.5. The van der Waals surface area contributed by atoms with Crippen LogP contribution in [-0.4, -0.2) is 33.4 Å². The van der Waals surface area contributed by atoms with Gasteiger partial charge in [0.2, 0.25) is 0 Å². The summed E-state index contributed by atoms with van der Waals surface area (Å²) >= 11 is 0. The van der Waals surface area contributed by atoms with Crippen molar-refractivity contribution < 1.29 is 9.47 Å². The summed E-state index contributed by atoms with van der Waals surface area (Å²) in [5.41, 5.74) is 0.998. The van der Waals surface area contributed by atoms with Gasteiger partial charge in [-0.3, -0.25) is 0 Å². The van der Waals surface area contributed by atoms with E-state index in [0.29, 0.717) is 6.04 Å². The van der Waals surface area contributed by atoms with Crippen LogP contribution in [0.15, 0.2) is 18.2 Å². The van der Waals surface area contributed by atoms with Gasteiger partial charge in [-0.05, 0) is 37.9 Å². The van der Waals surface area contributed by atoms with Gasteiger partial charge in [0, 0.05) is 18.7 Å². The lowest BCUT2D eigenvalue weighted by atomic mass is 10.0. The fraction of sp³-hybridized carbons (Fsp3) is 0.600. The van der Waals surface area contributed by atoms with Gasteiger partial charge < -0.3 is 20.1 Å². The van der Waals surface area contributed by atoms with Crippen molar-refractivity contribution >= 4 is 5.69 Å². The molecule has 1 atom stereocenters. The van der Waals surface area contributed by atoms with Crippen molar-refractivity contribution in [2.45, 2.75) is 31.7 Å². The van der Waals surface area contributed by atoms with Crippen LogP contribution < -0.4 is 20.1 Å². The molecule has 4 nitrogen and oxygen atoms in total. The molecule has 106 valence electrons. The summed E-state index contributed by atoms with van der Waals surface area (Å²) in [5.74, 6) is 1.71. The maximum Gasteiger partial charge on any atom is 0.142 e. The Morgan fingerprint density at radius 1 is 1.26 bits per heavy atom. The first-order valence-corrected chi connectivity index (χ1v) is 7.03. The quantitative estimate of drug-likeness (QED) is 0.829. The number of nitrogens with one attached hydrogen (secondary N) is 2. The SMILES string of the molecule is COc1ccc(OC)c(NCCC2CCCCN2)c1. The summed E-state index contributed by atoms with van der Waals surface area (Å²) in [6, 6.07) is 6.47. The summed E-state index contributed by atoms with van der Waals surface area (Å²) in [5, 5.41) is 7.00. The third kappa shape index (κ3) is 4.03. The van der Waals surface area contributed by atoms with E-state index < -0.39 is 0 Å². The fourth-order valence-electron chi connectivity index (χ4n) is 2.50. The molecule has 1 aliphatic rings. The molecule has 4 heteroatoms. The van der Waals surface area contributed by atoms with Crippen molar-refractivity contribution in [3.8, 4) is 11.5 Å². The Morgan fingerprint density at radius 2 is 2.16 bits per heavy atom. The van der Waals surface area contributed by atoms with Gasteiger partial charge >= 0.3 is 0 Å². The average Bonchev–Trinajstić information content (AvgIpc) is 2.48. The van der Waals surface area contributed by atoms with Gasteiger partial charge in [0.05, 0.1) is 19.9 Å². The van der Waals surface area contributed by atoms with Crippen molar-refractivity contribution in [2.24, 2.45) is 0 Å². The first-order chi connectivity index (χ1) is 9.33. The number of anilines is 1. The van der Waals surface area contributed by atoms with E-state index in [2.05, 4.69) is 10.6 Å². The summed E-state index contributed by atoms with van der Waals surface area (Å²) in [7, 11) is 3.37. The molecule has 0 spiro atoms. The average molecular weight is 264 g/mol. The topological polar surface area (TPSA) is 42.5 Å². The van der Waals surface area contributed by atoms with Gasteiger partial charge in [0.25, 0.3) is 0 Å². The van der Waals surface area contributed by atoms with Crippen molar-refractivity contribution in [3.63, 3.8) is 0 Å². The molecular formula is C15H24N2O2. The Bertz CT molecular complexity index is 390. The Balaban J connectivity index is 1.86. The highest BCUT2D eigenvalue weighted by atomic mass is 16.5. The molecule has 1 unspecified atom stereocenters. The van der Waals surface area contributed by atoms with Gasteiger partial charge in [-0.1, -0.05) is 6.42 Å². The smallest absolute Gasteiger partial charge is 0.142 e. The van der Waals surface area contributed by atoms with Gasteiger partial charge in [-0.2, -0.15) is 0 Å². The van der Waals surface area contributed by atoms with Gasteiger partial charge in [0.15, 0.2) is 0 Å². The van der Waals surface area contributed by atoms with E-state index in [1.165, 1.54) is 19.3 Å². The highest BCUT2D eigenvalue weighted by Crippen LogP contribution is 2.28. The van der Waals surface area contributed by atoms with Crippen molar-refractivity contribution in [1.82, 2.24) is 5.32 Å². The molecule has 1 fully saturated rings. The lowest BCUT2D eigenvalue weighted by Crippen LogP contribution is -2.35. The summed E-state index contributed by atoms with van der Waals surface area (Å²) < 4.78 is 10.6. The monoisotopic (exact) mass is 264 g/mol. The first-order valence-electron chi connectivity index (χ1n) is 7.03. The van der Waals surface area contributed by atoms with Crippen LogP contribution in [0.2, 0.25) is 0 Å². The molecule has 2 rings (SSSR count). The van der Waals surface area contributed by atoms with Crippen molar-refractivity contribution in [1.29, 1.82) is 0 Å². The number of hydrogen-bond acceptors (Lipinski definition) is 4. The number of rotatable bonds is 6. The van der Waals surface area contributed by atoms with Crippen LogP contribution in [0.3, 0.4) is 0 Å². The molecule has 1 saturated heterocycles. The molecule has 0 bridgehead atoms. The summed E-state index contributed by atoms with van der Waals surface area (Å²) in [4.78, 5) is 0. The summed E-state index contributed by atoms with van der Waals surface area (Å²) in [6.45, 7) is 2.11. The van der Waals surface area contributed by atoms with E-state index in [9.17, 15) is 0 Å². The molecular weight excluding hydrogens is 240 g/mol. The Morgan fingerprint density at radius 3 is 2.84 bits per heavy atom. The number of ether oxygens (including phenoxy) is 2. The minimum atomic E-state index is 0.651. The van der Waals surface area contributed by atoms with Crippen LogP contribution in [0.4, 0.5) is 5.69 Å². The first kappa shape index (κ1) is 14.0. The van der Waals surface area contributed by atoms with E-state index in [-0.39, 0.29) is 0 Å². The van der Waals surface area contributed by atoms with Gasteiger partial charge in [0.1, 0.15) is 11.5 Å². The number of piperidine rings is 1. The molecule has 1 heterocycles. The molecule has 19 heavy (non-hydrogen) atoms. The van der Waals surface area contributed by atoms with E-state index >= 15 is 0 Å². The second-order valence-corrected chi connectivity index (χ2v) is 4.93. The molecule has 2 N–H and O–H groups in total. The lowest BCUT2D eigenvalue weighted by molar-refractivity contribution is 0.387. The molecule has 0 aromatic heterocycles. The minimum Gasteiger partial charge on any atom is -0.497 e. The Hall–Kier alpha value is -1.42. The van der Waals surface area contributed by atoms with Gasteiger partial charge in [-0.25, -0.2) is 0 Å². The van der Waals surface area contributed by atoms with Crippen LogP contribution in [0.1, 0.15) is 25.7 Å². The number of hydrogen-bond donors (Lipinski definition) is 2. The van der Waals surface area contributed by atoms with Crippen molar-refractivity contribution in [3.05, 3.63) is 18.2 Å². The van der Waals surface area contributed by atoms with E-state index in [4.69, 9.17) is 9.47 Å². The zero-order valence-corrected chi connectivity index (χ0v) is 11.9. The third-order valence-corrected chi connectivity index (χ3v) is 3.63. The number of methoxy groups -OCH3 is 2. The molecule has 1 aromatic rings. The molecule has 0 amide bonds. The molecule has 1 aromatic carbocycles. The minimum absolute atomic E-state index is 0.651. The second kappa shape index (κ2) is 7.24. The Kier molecular flexibility index (Phi) is 5.33. The van der Waals surface area contributed by atoms with E-state index in [1.54, 1.807) is 14.2 Å². The predicted octanol–water partition coefficient (Wildman–Crippen LogP) is 2.65. The predicted molar refractivity (Wildman–Crippen MR) is 78.3 cm³/mol. The third-order valence-electron chi connectivity index (χ3n) is 3.63. The molecule has 0 aliphatic carbocycles. The van der Waals surface area contributed by atoms with Crippen LogP contribution >= 0.6 is 0 Å². The highest BCUT2D eigenvalue weighted by Gasteiger charge is 2.12. The number of benzene rings is 1.